The molecule has 8 heteroatoms. The fourth-order valence-corrected chi connectivity index (χ4v) is 3.72. The van der Waals surface area contributed by atoms with Gasteiger partial charge < -0.3 is 5.32 Å². The van der Waals surface area contributed by atoms with Crippen molar-refractivity contribution in [2.75, 3.05) is 5.75 Å². The number of para-hydroxylation sites is 1. The molecule has 2 aromatic heterocycles. The summed E-state index contributed by atoms with van der Waals surface area (Å²) < 4.78 is 3.58. The highest BCUT2D eigenvalue weighted by molar-refractivity contribution is 7.99. The number of nitrogens with one attached hydrogen (secondary N) is 1. The Hall–Kier alpha value is -2.35. The van der Waals surface area contributed by atoms with E-state index in [4.69, 9.17) is 0 Å². The van der Waals surface area contributed by atoms with E-state index in [2.05, 4.69) is 29.4 Å². The first kappa shape index (κ1) is 20.4. The molecular formula is C20H27N5O2S. The second-order valence-electron chi connectivity index (χ2n) is 7.44. The van der Waals surface area contributed by atoms with Gasteiger partial charge in [0.25, 0.3) is 5.56 Å². The largest absolute Gasteiger partial charge is 0.353 e. The highest BCUT2D eigenvalue weighted by Gasteiger charge is 2.18. The van der Waals surface area contributed by atoms with Crippen LogP contribution in [0.3, 0.4) is 0 Å². The summed E-state index contributed by atoms with van der Waals surface area (Å²) in [5.74, 6) is 1.21. The smallest absolute Gasteiger partial charge is 0.262 e. The average molecular weight is 402 g/mol. The van der Waals surface area contributed by atoms with Crippen LogP contribution in [0.4, 0.5) is 0 Å². The van der Waals surface area contributed by atoms with E-state index in [1.165, 1.54) is 11.8 Å². The molecule has 0 radical (unpaired) electrons. The van der Waals surface area contributed by atoms with Gasteiger partial charge in [-0.25, -0.2) is 0 Å². The fourth-order valence-electron chi connectivity index (χ4n) is 2.96. The first-order valence-corrected chi connectivity index (χ1v) is 10.7. The number of carbonyl (C=O) groups excluding carboxylic acids is 1. The van der Waals surface area contributed by atoms with Gasteiger partial charge in [-0.3, -0.25) is 18.6 Å². The number of fused-ring (bicyclic) bond motifs is 3. The zero-order valence-corrected chi connectivity index (χ0v) is 17.6. The van der Waals surface area contributed by atoms with E-state index in [0.29, 0.717) is 28.8 Å². The number of rotatable bonds is 8. The molecule has 7 nitrogen and oxygen atoms in total. The molecule has 0 fully saturated rings. The fraction of sp³-hybridized carbons (Fsp3) is 0.500. The van der Waals surface area contributed by atoms with Crippen LogP contribution in [0.1, 0.15) is 40.5 Å². The molecule has 1 aromatic carbocycles. The average Bonchev–Trinajstić information content (AvgIpc) is 3.10. The van der Waals surface area contributed by atoms with Crippen molar-refractivity contribution in [1.29, 1.82) is 0 Å². The van der Waals surface area contributed by atoms with Crippen LogP contribution in [0.5, 0.6) is 0 Å². The Morgan fingerprint density at radius 3 is 2.68 bits per heavy atom. The first-order chi connectivity index (χ1) is 13.4. The Balaban J connectivity index is 2.01. The lowest BCUT2D eigenvalue weighted by atomic mass is 10.1. The maximum atomic E-state index is 13.0. The minimum atomic E-state index is -0.0535. The van der Waals surface area contributed by atoms with Crippen molar-refractivity contribution in [1.82, 2.24) is 24.5 Å². The highest BCUT2D eigenvalue weighted by atomic mass is 32.2. The van der Waals surface area contributed by atoms with Gasteiger partial charge in [-0.2, -0.15) is 0 Å². The van der Waals surface area contributed by atoms with Crippen molar-refractivity contribution in [3.05, 3.63) is 34.6 Å². The lowest BCUT2D eigenvalue weighted by molar-refractivity contribution is -0.119. The quantitative estimate of drug-likeness (QED) is 0.587. The van der Waals surface area contributed by atoms with E-state index in [-0.39, 0.29) is 23.3 Å². The first-order valence-electron chi connectivity index (χ1n) is 9.71. The molecule has 1 unspecified atom stereocenters. The van der Waals surface area contributed by atoms with Crippen molar-refractivity contribution in [3.8, 4) is 0 Å². The highest BCUT2D eigenvalue weighted by Crippen LogP contribution is 2.22. The summed E-state index contributed by atoms with van der Waals surface area (Å²) in [4.78, 5) is 25.2. The van der Waals surface area contributed by atoms with E-state index in [0.717, 1.165) is 18.4 Å². The van der Waals surface area contributed by atoms with Crippen LogP contribution in [0, 0.1) is 5.92 Å². The second-order valence-corrected chi connectivity index (χ2v) is 8.38. The van der Waals surface area contributed by atoms with Crippen molar-refractivity contribution in [2.24, 2.45) is 5.92 Å². The van der Waals surface area contributed by atoms with Gasteiger partial charge in [0.05, 0.1) is 16.7 Å². The van der Waals surface area contributed by atoms with Crippen molar-refractivity contribution < 1.29 is 4.79 Å². The Bertz CT molecular complexity index is 1040. The van der Waals surface area contributed by atoms with Gasteiger partial charge in [-0.05, 0) is 37.8 Å². The monoisotopic (exact) mass is 401 g/mol. The lowest BCUT2D eigenvalue weighted by Crippen LogP contribution is -2.33. The van der Waals surface area contributed by atoms with Crippen LogP contribution < -0.4 is 10.9 Å². The molecule has 0 spiro atoms. The summed E-state index contributed by atoms with van der Waals surface area (Å²) >= 11 is 1.33. The lowest BCUT2D eigenvalue weighted by Gasteiger charge is -2.13. The standard InChI is InChI=1S/C20H27N5O2S/c1-5-14(4)21-17(26)12-28-20-23-22-19-24(11-10-13(2)3)18(27)15-8-6-7-9-16(15)25(19)20/h6-9,13-14H,5,10-12H2,1-4H3,(H,21,26). The van der Waals surface area contributed by atoms with Crippen LogP contribution in [0.2, 0.25) is 0 Å². The van der Waals surface area contributed by atoms with Crippen LogP contribution in [0.25, 0.3) is 16.7 Å². The van der Waals surface area contributed by atoms with E-state index in [1.807, 2.05) is 42.5 Å². The molecule has 0 aliphatic heterocycles. The minimum absolute atomic E-state index is 0.0338. The molecule has 0 saturated heterocycles. The van der Waals surface area contributed by atoms with Crippen LogP contribution in [0.15, 0.2) is 34.2 Å². The van der Waals surface area contributed by atoms with Gasteiger partial charge >= 0.3 is 0 Å². The molecular weight excluding hydrogens is 374 g/mol. The topological polar surface area (TPSA) is 81.3 Å². The number of amides is 1. The van der Waals surface area contributed by atoms with Crippen molar-refractivity contribution in [2.45, 2.75) is 58.3 Å². The maximum absolute atomic E-state index is 13.0. The molecule has 3 aromatic rings. The zero-order valence-electron chi connectivity index (χ0n) is 16.8. The second kappa shape index (κ2) is 8.77. The molecule has 0 saturated carbocycles. The van der Waals surface area contributed by atoms with Gasteiger partial charge in [0.2, 0.25) is 11.7 Å². The number of benzene rings is 1. The van der Waals surface area contributed by atoms with Crippen LogP contribution >= 0.6 is 11.8 Å². The minimum Gasteiger partial charge on any atom is -0.353 e. The van der Waals surface area contributed by atoms with E-state index >= 15 is 0 Å². The Labute approximate surface area is 168 Å². The molecule has 1 amide bonds. The van der Waals surface area contributed by atoms with Crippen LogP contribution in [-0.4, -0.2) is 36.9 Å². The normalized spacial score (nSPS) is 12.8. The van der Waals surface area contributed by atoms with Gasteiger partial charge in [0.1, 0.15) is 0 Å². The summed E-state index contributed by atoms with van der Waals surface area (Å²) in [5.41, 5.74) is 0.709. The molecule has 3 rings (SSSR count). The van der Waals surface area contributed by atoms with Gasteiger partial charge in [-0.15, -0.1) is 10.2 Å². The summed E-state index contributed by atoms with van der Waals surface area (Å²) in [6.07, 6.45) is 1.76. The van der Waals surface area contributed by atoms with Crippen LogP contribution in [-0.2, 0) is 11.3 Å². The Morgan fingerprint density at radius 1 is 1.21 bits per heavy atom. The third-order valence-electron chi connectivity index (χ3n) is 4.76. The number of carbonyl (C=O) groups is 1. The van der Waals surface area contributed by atoms with Gasteiger partial charge in [0.15, 0.2) is 5.16 Å². The van der Waals surface area contributed by atoms with Crippen molar-refractivity contribution >= 4 is 34.3 Å². The number of thioether (sulfide) groups is 1. The third kappa shape index (κ3) is 4.22. The number of aromatic nitrogens is 4. The summed E-state index contributed by atoms with van der Waals surface area (Å²) in [5, 5.41) is 12.8. The molecule has 1 N–H and O–H groups in total. The molecule has 0 bridgehead atoms. The number of aryl methyl sites for hydroxylation is 1. The molecule has 0 aliphatic rings. The molecule has 1 atom stereocenters. The zero-order chi connectivity index (χ0) is 20.3. The van der Waals surface area contributed by atoms with Crippen molar-refractivity contribution in [3.63, 3.8) is 0 Å². The molecule has 2 heterocycles. The Kier molecular flexibility index (Phi) is 6.39. The summed E-state index contributed by atoms with van der Waals surface area (Å²) in [6, 6.07) is 7.62. The SMILES string of the molecule is CCC(C)NC(=O)CSc1nnc2n(CCC(C)C)c(=O)c3ccccc3n12. The summed E-state index contributed by atoms with van der Waals surface area (Å²) in [6.45, 7) is 8.86. The number of nitrogens with zero attached hydrogens (tertiary/aromatic N) is 4. The van der Waals surface area contributed by atoms with E-state index in [1.54, 1.807) is 4.57 Å². The van der Waals surface area contributed by atoms with Gasteiger partial charge in [0, 0.05) is 12.6 Å². The number of hydrogen-bond donors (Lipinski definition) is 1. The Morgan fingerprint density at radius 2 is 1.96 bits per heavy atom. The maximum Gasteiger partial charge on any atom is 0.262 e. The predicted molar refractivity (Wildman–Crippen MR) is 113 cm³/mol. The summed E-state index contributed by atoms with van der Waals surface area (Å²) in [7, 11) is 0. The number of hydrogen-bond acceptors (Lipinski definition) is 5. The molecule has 28 heavy (non-hydrogen) atoms. The molecule has 150 valence electrons. The molecule has 0 aliphatic carbocycles. The van der Waals surface area contributed by atoms with E-state index in [9.17, 15) is 9.59 Å². The van der Waals surface area contributed by atoms with E-state index < -0.39 is 0 Å². The third-order valence-corrected chi connectivity index (χ3v) is 5.69. The van der Waals surface area contributed by atoms with Gasteiger partial charge in [-0.1, -0.05) is 44.7 Å². The predicted octanol–water partition coefficient (Wildman–Crippen LogP) is 3.10.